The van der Waals surface area contributed by atoms with E-state index in [1.165, 1.54) is 0 Å². The van der Waals surface area contributed by atoms with Gasteiger partial charge in [-0.05, 0) is 30.6 Å². The molecule has 0 aromatic heterocycles. The van der Waals surface area contributed by atoms with Crippen molar-refractivity contribution in [3.63, 3.8) is 0 Å². The van der Waals surface area contributed by atoms with Gasteiger partial charge in [-0.2, -0.15) is 17.0 Å². The Morgan fingerprint density at radius 1 is 0.842 bits per heavy atom. The van der Waals surface area contributed by atoms with Gasteiger partial charge in [0.15, 0.2) is 0 Å². The van der Waals surface area contributed by atoms with E-state index in [-0.39, 0.29) is 6.04 Å². The van der Waals surface area contributed by atoms with Gasteiger partial charge in [0, 0.05) is 32.2 Å². The van der Waals surface area contributed by atoms with Gasteiger partial charge in [-0.3, -0.25) is 0 Å². The van der Waals surface area contributed by atoms with Crippen LogP contribution in [0.2, 0.25) is 0 Å². The van der Waals surface area contributed by atoms with E-state index >= 15 is 0 Å². The van der Waals surface area contributed by atoms with Crippen LogP contribution in [-0.2, 0) is 10.2 Å². The van der Waals surface area contributed by atoms with Crippen LogP contribution in [0, 0.1) is 17.8 Å². The Morgan fingerprint density at radius 3 is 1.74 bits per heavy atom. The molecule has 2 rings (SSSR count). The van der Waals surface area contributed by atoms with Gasteiger partial charge in [-0.1, -0.05) is 20.8 Å². The smallest absolute Gasteiger partial charge is 0.282 e. The SMILES string of the molecule is CC1CC(C)CN(S(=O)(=O)N2CC(C)CC(N)C2)C1. The predicted octanol–water partition coefficient (Wildman–Crippen LogP) is 0.878. The van der Waals surface area contributed by atoms with Crippen molar-refractivity contribution in [3.8, 4) is 0 Å². The third kappa shape index (κ3) is 3.48. The van der Waals surface area contributed by atoms with Gasteiger partial charge in [0.25, 0.3) is 10.2 Å². The number of hydrogen-bond donors (Lipinski definition) is 1. The van der Waals surface area contributed by atoms with Crippen molar-refractivity contribution in [2.75, 3.05) is 26.2 Å². The molecule has 0 bridgehead atoms. The molecule has 0 aromatic carbocycles. The molecule has 2 N–H and O–H groups in total. The van der Waals surface area contributed by atoms with E-state index in [0.29, 0.717) is 43.9 Å². The van der Waals surface area contributed by atoms with Crippen molar-refractivity contribution in [2.24, 2.45) is 23.5 Å². The monoisotopic (exact) mass is 289 g/mol. The van der Waals surface area contributed by atoms with Gasteiger partial charge in [0.05, 0.1) is 0 Å². The van der Waals surface area contributed by atoms with Crippen LogP contribution in [-0.4, -0.2) is 49.2 Å². The van der Waals surface area contributed by atoms with Crippen LogP contribution in [0.3, 0.4) is 0 Å². The molecule has 0 amide bonds. The van der Waals surface area contributed by atoms with Crippen LogP contribution in [0.5, 0.6) is 0 Å². The Morgan fingerprint density at radius 2 is 1.26 bits per heavy atom. The molecule has 112 valence electrons. The Kier molecular flexibility index (Phi) is 4.55. The van der Waals surface area contributed by atoms with Crippen LogP contribution >= 0.6 is 0 Å². The highest BCUT2D eigenvalue weighted by molar-refractivity contribution is 7.86. The van der Waals surface area contributed by atoms with Crippen LogP contribution in [0.4, 0.5) is 0 Å². The number of rotatable bonds is 2. The third-order valence-electron chi connectivity index (χ3n) is 4.15. The lowest BCUT2D eigenvalue weighted by Gasteiger charge is -2.40. The fourth-order valence-corrected chi connectivity index (χ4v) is 5.53. The summed E-state index contributed by atoms with van der Waals surface area (Å²) in [6.45, 7) is 8.69. The summed E-state index contributed by atoms with van der Waals surface area (Å²) in [6, 6.07) is -0.0295. The molecule has 4 atom stereocenters. The zero-order chi connectivity index (χ0) is 14.2. The third-order valence-corrected chi connectivity index (χ3v) is 6.05. The second-order valence-corrected chi connectivity index (χ2v) is 8.62. The Bertz CT molecular complexity index is 360. The highest BCUT2D eigenvalue weighted by Gasteiger charge is 2.37. The highest BCUT2D eigenvalue weighted by Crippen LogP contribution is 2.27. The van der Waals surface area contributed by atoms with Crippen molar-refractivity contribution in [2.45, 2.75) is 39.7 Å². The molecule has 2 fully saturated rings. The average Bonchev–Trinajstić information content (AvgIpc) is 2.26. The zero-order valence-electron chi connectivity index (χ0n) is 12.2. The Balaban J connectivity index is 2.12. The minimum Gasteiger partial charge on any atom is -0.326 e. The first-order valence-electron chi connectivity index (χ1n) is 7.29. The first-order valence-corrected chi connectivity index (χ1v) is 8.69. The fraction of sp³-hybridized carbons (Fsp3) is 1.00. The lowest BCUT2D eigenvalue weighted by Crippen LogP contribution is -2.55. The molecule has 0 saturated carbocycles. The molecule has 19 heavy (non-hydrogen) atoms. The largest absolute Gasteiger partial charge is 0.326 e. The number of nitrogens with zero attached hydrogens (tertiary/aromatic N) is 2. The Hall–Kier alpha value is -0.170. The molecule has 0 spiro atoms. The second kappa shape index (κ2) is 5.68. The quantitative estimate of drug-likeness (QED) is 0.820. The van der Waals surface area contributed by atoms with E-state index in [4.69, 9.17) is 5.73 Å². The van der Waals surface area contributed by atoms with Crippen molar-refractivity contribution < 1.29 is 8.42 Å². The Labute approximate surface area is 117 Å². The number of hydrogen-bond acceptors (Lipinski definition) is 3. The molecule has 0 aromatic rings. The molecule has 6 heteroatoms. The molecule has 0 aliphatic carbocycles. The van der Waals surface area contributed by atoms with Gasteiger partial charge >= 0.3 is 0 Å². The van der Waals surface area contributed by atoms with E-state index in [0.717, 1.165) is 12.8 Å². The first-order chi connectivity index (χ1) is 8.79. The summed E-state index contributed by atoms with van der Waals surface area (Å²) in [6.07, 6.45) is 2.03. The normalized spacial score (nSPS) is 39.4. The van der Waals surface area contributed by atoms with E-state index in [9.17, 15) is 8.42 Å². The maximum atomic E-state index is 12.7. The molecule has 2 aliphatic rings. The van der Waals surface area contributed by atoms with Crippen molar-refractivity contribution in [3.05, 3.63) is 0 Å². The number of nitrogens with two attached hydrogens (primary N) is 1. The van der Waals surface area contributed by atoms with Crippen molar-refractivity contribution >= 4 is 10.2 Å². The van der Waals surface area contributed by atoms with Crippen molar-refractivity contribution in [1.29, 1.82) is 0 Å². The van der Waals surface area contributed by atoms with Gasteiger partial charge in [-0.25, -0.2) is 0 Å². The molecule has 2 heterocycles. The highest BCUT2D eigenvalue weighted by atomic mass is 32.2. The van der Waals surface area contributed by atoms with Crippen LogP contribution < -0.4 is 5.73 Å². The van der Waals surface area contributed by atoms with Crippen LogP contribution in [0.1, 0.15) is 33.6 Å². The average molecular weight is 289 g/mol. The van der Waals surface area contributed by atoms with E-state index in [1.807, 2.05) is 0 Å². The molecule has 0 radical (unpaired) electrons. The maximum absolute atomic E-state index is 12.7. The summed E-state index contributed by atoms with van der Waals surface area (Å²) < 4.78 is 28.7. The van der Waals surface area contributed by atoms with Gasteiger partial charge in [0.2, 0.25) is 0 Å². The standard InChI is InChI=1S/C13H27N3O2S/c1-10-4-11(2)7-15(6-10)19(17,18)16-8-12(3)5-13(14)9-16/h10-13H,4-9,14H2,1-3H3. The lowest BCUT2D eigenvalue weighted by atomic mass is 9.94. The van der Waals surface area contributed by atoms with Crippen LogP contribution in [0.15, 0.2) is 0 Å². The summed E-state index contributed by atoms with van der Waals surface area (Å²) in [5, 5.41) is 0. The topological polar surface area (TPSA) is 66.6 Å². The first kappa shape index (κ1) is 15.2. The minimum absolute atomic E-state index is 0.0295. The van der Waals surface area contributed by atoms with Gasteiger partial charge in [-0.15, -0.1) is 0 Å². The molecular weight excluding hydrogens is 262 g/mol. The molecule has 2 aliphatic heterocycles. The molecule has 2 saturated heterocycles. The summed E-state index contributed by atoms with van der Waals surface area (Å²) in [7, 11) is -3.33. The second-order valence-electron chi connectivity index (χ2n) is 6.69. The van der Waals surface area contributed by atoms with Crippen molar-refractivity contribution in [1.82, 2.24) is 8.61 Å². The lowest BCUT2D eigenvalue weighted by molar-refractivity contribution is 0.190. The minimum atomic E-state index is -3.33. The van der Waals surface area contributed by atoms with Gasteiger partial charge in [0.1, 0.15) is 0 Å². The van der Waals surface area contributed by atoms with Gasteiger partial charge < -0.3 is 5.73 Å². The molecular formula is C13H27N3O2S. The van der Waals surface area contributed by atoms with E-state index < -0.39 is 10.2 Å². The maximum Gasteiger partial charge on any atom is 0.282 e. The summed E-state index contributed by atoms with van der Waals surface area (Å²) in [5.74, 6) is 1.22. The van der Waals surface area contributed by atoms with E-state index in [1.54, 1.807) is 8.61 Å². The zero-order valence-corrected chi connectivity index (χ0v) is 13.1. The number of piperidine rings is 2. The molecule has 4 unspecified atom stereocenters. The predicted molar refractivity (Wildman–Crippen MR) is 76.8 cm³/mol. The summed E-state index contributed by atoms with van der Waals surface area (Å²) >= 11 is 0. The fourth-order valence-electron chi connectivity index (χ4n) is 3.50. The van der Waals surface area contributed by atoms with Crippen LogP contribution in [0.25, 0.3) is 0 Å². The summed E-state index contributed by atoms with van der Waals surface area (Å²) in [4.78, 5) is 0. The van der Waals surface area contributed by atoms with E-state index in [2.05, 4.69) is 20.8 Å². The molecule has 5 nitrogen and oxygen atoms in total. The summed E-state index contributed by atoms with van der Waals surface area (Å²) in [5.41, 5.74) is 5.97.